The van der Waals surface area contributed by atoms with E-state index < -0.39 is 53.6 Å². The second-order valence-electron chi connectivity index (χ2n) is 10.7. The minimum Gasteiger partial charge on any atom is -0.460 e. The number of fused-ring (bicyclic) bond motifs is 2. The number of nitrogens with one attached hydrogen (secondary N) is 1. The van der Waals surface area contributed by atoms with E-state index in [1.807, 2.05) is 26.0 Å². The molecule has 2 N–H and O–H groups in total. The molecule has 1 spiro atoms. The molecule has 4 rings (SSSR count). The molecule has 37 heavy (non-hydrogen) atoms. The number of aliphatic hydroxyl groups is 1. The Balaban J connectivity index is 1.78. The first-order valence-corrected chi connectivity index (χ1v) is 13.4. The van der Waals surface area contributed by atoms with Crippen LogP contribution in [0.4, 0.5) is 0 Å². The molecule has 4 heterocycles. The van der Waals surface area contributed by atoms with Gasteiger partial charge in [-0.2, -0.15) is 0 Å². The van der Waals surface area contributed by atoms with Crippen LogP contribution in [0.25, 0.3) is 0 Å². The Morgan fingerprint density at radius 2 is 1.92 bits per heavy atom. The van der Waals surface area contributed by atoms with Gasteiger partial charge in [0.2, 0.25) is 17.7 Å². The summed E-state index contributed by atoms with van der Waals surface area (Å²) in [6, 6.07) is -1.78. The number of carbonyl (C=O) groups excluding carboxylic acids is 4. The molecule has 204 valence electrons. The molecule has 0 saturated carbocycles. The van der Waals surface area contributed by atoms with Crippen LogP contribution in [0.3, 0.4) is 0 Å². The number of aliphatic hydroxyl groups excluding tert-OH is 1. The Morgan fingerprint density at radius 3 is 2.62 bits per heavy atom. The van der Waals surface area contributed by atoms with Gasteiger partial charge in [0.15, 0.2) is 0 Å². The third kappa shape index (κ3) is 4.81. The average Bonchev–Trinajstić information content (AvgIpc) is 3.51. The van der Waals surface area contributed by atoms with Crippen LogP contribution in [-0.4, -0.2) is 94.2 Å². The van der Waals surface area contributed by atoms with Crippen LogP contribution in [0.15, 0.2) is 24.3 Å². The summed E-state index contributed by atoms with van der Waals surface area (Å²) in [5.74, 6) is -3.28. The normalized spacial score (nSPS) is 36.8. The number of likely N-dealkylation sites (tertiary alicyclic amines) is 1. The lowest BCUT2D eigenvalue weighted by Gasteiger charge is -2.39. The van der Waals surface area contributed by atoms with Gasteiger partial charge in [-0.1, -0.05) is 37.6 Å². The van der Waals surface area contributed by atoms with Gasteiger partial charge < -0.3 is 29.7 Å². The van der Waals surface area contributed by atoms with Crippen LogP contribution in [0.2, 0.25) is 0 Å². The molecule has 8 atom stereocenters. The monoisotopic (exact) mass is 517 g/mol. The van der Waals surface area contributed by atoms with Gasteiger partial charge in [-0.15, -0.1) is 0 Å². The van der Waals surface area contributed by atoms with Crippen molar-refractivity contribution in [3.8, 4) is 0 Å². The maximum Gasteiger partial charge on any atom is 0.313 e. The molecule has 2 fully saturated rings. The lowest BCUT2D eigenvalue weighted by molar-refractivity contribution is -0.159. The highest BCUT2D eigenvalue weighted by atomic mass is 16.6. The van der Waals surface area contributed by atoms with Gasteiger partial charge in [0, 0.05) is 19.0 Å². The van der Waals surface area contributed by atoms with Crippen molar-refractivity contribution in [2.75, 3.05) is 19.7 Å². The predicted molar refractivity (Wildman–Crippen MR) is 134 cm³/mol. The number of esters is 1. The Hall–Kier alpha value is -2.72. The van der Waals surface area contributed by atoms with Crippen LogP contribution in [-0.2, 0) is 28.7 Å². The van der Waals surface area contributed by atoms with Crippen LogP contribution in [0.5, 0.6) is 0 Å². The standard InChI is InChI=1S/C27H39N3O7/c1-5-9-16(2)29-13-8-6-7-10-20(32)28-14-18(4)36-26(35)21-19-11-12-27(37-19)22(21)24(33)30(17(3)15-31)23(27)25(29)34/h6,8,11-12,16-19,21-23,31H,5,7,9-10,13-15H2,1-4H3,(H,28,32)/b8-6-/t16?,17-,18-,19+,21-,22-,23+,27-/m1/s1. The molecule has 0 radical (unpaired) electrons. The van der Waals surface area contributed by atoms with Crippen molar-refractivity contribution >= 4 is 23.7 Å². The molecule has 0 aromatic heterocycles. The van der Waals surface area contributed by atoms with Crippen molar-refractivity contribution < 1.29 is 33.8 Å². The van der Waals surface area contributed by atoms with E-state index in [1.54, 1.807) is 30.9 Å². The Morgan fingerprint density at radius 1 is 1.16 bits per heavy atom. The summed E-state index contributed by atoms with van der Waals surface area (Å²) in [6.45, 7) is 7.53. The highest BCUT2D eigenvalue weighted by Gasteiger charge is 2.74. The minimum absolute atomic E-state index is 0.117. The molecule has 4 aliphatic rings. The van der Waals surface area contributed by atoms with E-state index in [0.29, 0.717) is 13.0 Å². The molecule has 0 aromatic carbocycles. The van der Waals surface area contributed by atoms with E-state index in [4.69, 9.17) is 9.47 Å². The number of nitrogens with zero attached hydrogens (tertiary/aromatic N) is 2. The van der Waals surface area contributed by atoms with Gasteiger partial charge in [-0.3, -0.25) is 19.2 Å². The second kappa shape index (κ2) is 10.9. The van der Waals surface area contributed by atoms with Crippen LogP contribution < -0.4 is 5.32 Å². The van der Waals surface area contributed by atoms with Crippen molar-refractivity contribution in [2.45, 2.75) is 89.3 Å². The molecule has 4 aliphatic heterocycles. The zero-order chi connectivity index (χ0) is 26.9. The van der Waals surface area contributed by atoms with Gasteiger partial charge in [0.1, 0.15) is 23.7 Å². The highest BCUT2D eigenvalue weighted by molar-refractivity contribution is 5.99. The topological polar surface area (TPSA) is 125 Å². The van der Waals surface area contributed by atoms with Crippen LogP contribution in [0, 0.1) is 11.8 Å². The Bertz CT molecular complexity index is 981. The van der Waals surface area contributed by atoms with Gasteiger partial charge in [0.25, 0.3) is 0 Å². The predicted octanol–water partition coefficient (Wildman–Crippen LogP) is 0.933. The van der Waals surface area contributed by atoms with Crippen molar-refractivity contribution in [1.82, 2.24) is 15.1 Å². The van der Waals surface area contributed by atoms with Crippen molar-refractivity contribution in [3.05, 3.63) is 24.3 Å². The molecule has 5 bridgehead atoms. The summed E-state index contributed by atoms with van der Waals surface area (Å²) in [5, 5.41) is 12.8. The van der Waals surface area contributed by atoms with Crippen molar-refractivity contribution in [3.63, 3.8) is 0 Å². The summed E-state index contributed by atoms with van der Waals surface area (Å²) in [7, 11) is 0. The molecule has 3 amide bonds. The SMILES string of the molecule is CCCC(C)N1C/C=C\CCC(=O)NC[C@@H](C)OC(=O)[C@@H]2[C@@H]3C=C[C@]4(O3)[C@H](C1=O)N([C@H](C)CO)C(=O)[C@@H]24. The summed E-state index contributed by atoms with van der Waals surface area (Å²) in [5.41, 5.74) is -1.31. The fraction of sp³-hybridized carbons (Fsp3) is 0.704. The molecule has 10 heteroatoms. The number of carbonyl (C=O) groups is 4. The number of cyclic esters (lactones) is 1. The van der Waals surface area contributed by atoms with Crippen molar-refractivity contribution in [1.29, 1.82) is 0 Å². The quantitative estimate of drug-likeness (QED) is 0.411. The zero-order valence-corrected chi connectivity index (χ0v) is 22.1. The fourth-order valence-electron chi connectivity index (χ4n) is 6.12. The van der Waals surface area contributed by atoms with Gasteiger partial charge >= 0.3 is 5.97 Å². The summed E-state index contributed by atoms with van der Waals surface area (Å²) < 4.78 is 12.0. The van der Waals surface area contributed by atoms with Gasteiger partial charge in [0.05, 0.1) is 31.2 Å². The van der Waals surface area contributed by atoms with Crippen molar-refractivity contribution in [2.24, 2.45) is 11.8 Å². The molecule has 10 nitrogen and oxygen atoms in total. The maximum absolute atomic E-state index is 14.3. The molecule has 1 unspecified atom stereocenters. The maximum atomic E-state index is 14.3. The number of hydrogen-bond acceptors (Lipinski definition) is 7. The van der Waals surface area contributed by atoms with E-state index in [-0.39, 0.29) is 37.4 Å². The molecule has 0 aromatic rings. The highest BCUT2D eigenvalue weighted by Crippen LogP contribution is 2.56. The first-order chi connectivity index (χ1) is 17.7. The smallest absolute Gasteiger partial charge is 0.313 e. The number of rotatable bonds is 5. The van der Waals surface area contributed by atoms with Gasteiger partial charge in [-0.25, -0.2) is 0 Å². The molecular formula is C27H39N3O7. The van der Waals surface area contributed by atoms with Crippen LogP contribution in [0.1, 0.15) is 53.4 Å². The van der Waals surface area contributed by atoms with E-state index in [9.17, 15) is 24.3 Å². The van der Waals surface area contributed by atoms with E-state index >= 15 is 0 Å². The average molecular weight is 518 g/mol. The third-order valence-electron chi connectivity index (χ3n) is 7.99. The zero-order valence-electron chi connectivity index (χ0n) is 22.1. The third-order valence-corrected chi connectivity index (χ3v) is 7.99. The summed E-state index contributed by atoms with van der Waals surface area (Å²) in [4.78, 5) is 56.9. The molecular weight excluding hydrogens is 478 g/mol. The first kappa shape index (κ1) is 27.3. The number of allylic oxidation sites excluding steroid dienone is 1. The largest absolute Gasteiger partial charge is 0.460 e. The Labute approximate surface area is 218 Å². The minimum atomic E-state index is -1.31. The fourth-order valence-corrected chi connectivity index (χ4v) is 6.12. The van der Waals surface area contributed by atoms with Crippen LogP contribution >= 0.6 is 0 Å². The number of amides is 3. The molecule has 2 saturated heterocycles. The van der Waals surface area contributed by atoms with E-state index in [1.165, 1.54) is 4.90 Å². The van der Waals surface area contributed by atoms with E-state index in [0.717, 1.165) is 12.8 Å². The number of hydrogen-bond donors (Lipinski definition) is 2. The molecule has 0 aliphatic carbocycles. The van der Waals surface area contributed by atoms with E-state index in [2.05, 4.69) is 5.32 Å². The lowest BCUT2D eigenvalue weighted by Crippen LogP contribution is -2.59. The van der Waals surface area contributed by atoms with Gasteiger partial charge in [-0.05, 0) is 33.6 Å². The summed E-state index contributed by atoms with van der Waals surface area (Å²) >= 11 is 0. The summed E-state index contributed by atoms with van der Waals surface area (Å²) in [6.07, 6.45) is 8.37. The number of ether oxygens (including phenoxy) is 2. The lowest BCUT2D eigenvalue weighted by atomic mass is 9.74. The first-order valence-electron chi connectivity index (χ1n) is 13.4. The Kier molecular flexibility index (Phi) is 8.08. The second-order valence-corrected chi connectivity index (χ2v) is 10.7.